The number of carbonyl (C=O) groups is 2. The fourth-order valence-corrected chi connectivity index (χ4v) is 2.68. The summed E-state index contributed by atoms with van der Waals surface area (Å²) < 4.78 is 31.1. The second-order valence-corrected chi connectivity index (χ2v) is 6.23. The lowest BCUT2D eigenvalue weighted by Crippen LogP contribution is -2.37. The largest absolute Gasteiger partial charge is 0.455 e. The van der Waals surface area contributed by atoms with Crippen molar-refractivity contribution in [3.8, 4) is 0 Å². The monoisotopic (exact) mass is 329 g/mol. The summed E-state index contributed by atoms with van der Waals surface area (Å²) in [7, 11) is 0. The van der Waals surface area contributed by atoms with E-state index in [1.165, 1.54) is 0 Å². The van der Waals surface area contributed by atoms with Gasteiger partial charge in [-0.3, -0.25) is 9.59 Å². The van der Waals surface area contributed by atoms with Crippen molar-refractivity contribution in [1.82, 2.24) is 5.32 Å². The second-order valence-electron chi connectivity index (χ2n) is 5.22. The number of hydrogen-bond donors (Lipinski definition) is 1. The van der Waals surface area contributed by atoms with Crippen molar-refractivity contribution >= 4 is 23.6 Å². The lowest BCUT2D eigenvalue weighted by molar-refractivity contribution is -0.146. The van der Waals surface area contributed by atoms with Gasteiger partial charge in [-0.05, 0) is 43.9 Å². The van der Waals surface area contributed by atoms with Crippen LogP contribution in [-0.2, 0) is 14.3 Å². The van der Waals surface area contributed by atoms with Crippen molar-refractivity contribution < 1.29 is 23.1 Å². The molecular formula is C15H17F2NO3S. The fraction of sp³-hybridized carbons (Fsp3) is 0.467. The molecule has 0 saturated heterocycles. The van der Waals surface area contributed by atoms with E-state index in [-0.39, 0.29) is 29.2 Å². The van der Waals surface area contributed by atoms with Crippen molar-refractivity contribution in [3.63, 3.8) is 0 Å². The Morgan fingerprint density at radius 3 is 2.82 bits per heavy atom. The molecule has 1 N–H and O–H groups in total. The first-order chi connectivity index (χ1) is 10.5. The van der Waals surface area contributed by atoms with Gasteiger partial charge in [0.1, 0.15) is 11.6 Å². The molecule has 1 aliphatic rings. The molecule has 22 heavy (non-hydrogen) atoms. The van der Waals surface area contributed by atoms with Crippen LogP contribution in [0.2, 0.25) is 0 Å². The highest BCUT2D eigenvalue weighted by Gasteiger charge is 2.28. The van der Waals surface area contributed by atoms with Crippen molar-refractivity contribution in [3.05, 3.63) is 29.8 Å². The van der Waals surface area contributed by atoms with E-state index in [9.17, 15) is 18.4 Å². The Kier molecular flexibility index (Phi) is 5.76. The fourth-order valence-electron chi connectivity index (χ4n) is 1.92. The molecule has 2 rings (SSSR count). The highest BCUT2D eigenvalue weighted by molar-refractivity contribution is 8.00. The molecule has 1 fully saturated rings. The van der Waals surface area contributed by atoms with Crippen molar-refractivity contribution in [1.29, 1.82) is 0 Å². The van der Waals surface area contributed by atoms with Crippen molar-refractivity contribution in [2.45, 2.75) is 30.7 Å². The van der Waals surface area contributed by atoms with Crippen LogP contribution >= 0.6 is 11.8 Å². The lowest BCUT2D eigenvalue weighted by Gasteiger charge is -2.12. The minimum Gasteiger partial charge on any atom is -0.455 e. The van der Waals surface area contributed by atoms with Gasteiger partial charge in [-0.15, -0.1) is 11.8 Å². The van der Waals surface area contributed by atoms with Gasteiger partial charge in [0.15, 0.2) is 6.61 Å². The minimum atomic E-state index is -0.650. The molecule has 1 aromatic carbocycles. The molecule has 0 heterocycles. The van der Waals surface area contributed by atoms with E-state index in [2.05, 4.69) is 5.32 Å². The van der Waals surface area contributed by atoms with Crippen LogP contribution in [0.25, 0.3) is 0 Å². The normalized spacial score (nSPS) is 15.2. The van der Waals surface area contributed by atoms with E-state index in [1.54, 1.807) is 0 Å². The standard InChI is InChI=1S/C15H17F2NO3S/c1-9(10-2-3-10)18-14(19)7-21-15(20)8-22-13-6-11(16)4-5-12(13)17/h4-6,9-10H,2-3,7-8H2,1H3,(H,18,19)/t9-/m1/s1. The predicted octanol–water partition coefficient (Wildman–Crippen LogP) is 2.51. The Balaban J connectivity index is 1.69. The molecule has 7 heteroatoms. The lowest BCUT2D eigenvalue weighted by atomic mass is 10.2. The Bertz CT molecular complexity index is 564. The number of amides is 1. The minimum absolute atomic E-state index is 0.0313. The summed E-state index contributed by atoms with van der Waals surface area (Å²) >= 11 is 0.829. The Labute approximate surface area is 131 Å². The van der Waals surface area contributed by atoms with E-state index in [0.717, 1.165) is 42.8 Å². The maximum Gasteiger partial charge on any atom is 0.316 e. The molecular weight excluding hydrogens is 312 g/mol. The first kappa shape index (κ1) is 16.7. The SMILES string of the molecule is C[C@@H](NC(=O)COC(=O)CSc1cc(F)ccc1F)C1CC1. The molecule has 1 aliphatic carbocycles. The third kappa shape index (κ3) is 5.29. The summed E-state index contributed by atoms with van der Waals surface area (Å²) in [4.78, 5) is 23.1. The average Bonchev–Trinajstić information content (AvgIpc) is 3.30. The smallest absolute Gasteiger partial charge is 0.316 e. The van der Waals surface area contributed by atoms with E-state index >= 15 is 0 Å². The van der Waals surface area contributed by atoms with Gasteiger partial charge in [0, 0.05) is 10.9 Å². The maximum atomic E-state index is 13.4. The highest BCUT2D eigenvalue weighted by Crippen LogP contribution is 2.32. The molecule has 0 aliphatic heterocycles. The molecule has 0 bridgehead atoms. The number of hydrogen-bond acceptors (Lipinski definition) is 4. The molecule has 0 aromatic heterocycles. The maximum absolute atomic E-state index is 13.4. The molecule has 0 radical (unpaired) electrons. The van der Waals surface area contributed by atoms with Crippen LogP contribution in [0.5, 0.6) is 0 Å². The number of ether oxygens (including phenoxy) is 1. The Hall–Kier alpha value is -1.63. The highest BCUT2D eigenvalue weighted by atomic mass is 32.2. The Morgan fingerprint density at radius 2 is 2.14 bits per heavy atom. The van der Waals surface area contributed by atoms with Crippen molar-refractivity contribution in [2.24, 2.45) is 5.92 Å². The van der Waals surface area contributed by atoms with Gasteiger partial charge in [0.05, 0.1) is 5.75 Å². The first-order valence-corrected chi connectivity index (χ1v) is 7.97. The molecule has 1 atom stereocenters. The number of carbonyl (C=O) groups excluding carboxylic acids is 2. The average molecular weight is 329 g/mol. The summed E-state index contributed by atoms with van der Waals surface area (Å²) in [6.45, 7) is 1.56. The van der Waals surface area contributed by atoms with Gasteiger partial charge in [0.25, 0.3) is 5.91 Å². The number of esters is 1. The molecule has 4 nitrogen and oxygen atoms in total. The number of rotatable bonds is 7. The van der Waals surface area contributed by atoms with Crippen LogP contribution in [0.15, 0.2) is 23.1 Å². The van der Waals surface area contributed by atoms with E-state index in [1.807, 2.05) is 6.92 Å². The van der Waals surface area contributed by atoms with Gasteiger partial charge in [-0.2, -0.15) is 0 Å². The third-order valence-corrected chi connectivity index (χ3v) is 4.32. The van der Waals surface area contributed by atoms with Gasteiger partial charge >= 0.3 is 5.97 Å². The van der Waals surface area contributed by atoms with Gasteiger partial charge in [-0.1, -0.05) is 0 Å². The number of thioether (sulfide) groups is 1. The predicted molar refractivity (Wildman–Crippen MR) is 78.4 cm³/mol. The molecule has 0 unspecified atom stereocenters. The van der Waals surface area contributed by atoms with Gasteiger partial charge in [0.2, 0.25) is 0 Å². The first-order valence-electron chi connectivity index (χ1n) is 6.98. The van der Waals surface area contributed by atoms with Crippen LogP contribution in [0.4, 0.5) is 8.78 Å². The summed E-state index contributed by atoms with van der Waals surface area (Å²) in [5.41, 5.74) is 0. The summed E-state index contributed by atoms with van der Waals surface area (Å²) in [5, 5.41) is 2.76. The topological polar surface area (TPSA) is 55.4 Å². The zero-order valence-electron chi connectivity index (χ0n) is 12.1. The van der Waals surface area contributed by atoms with E-state index in [0.29, 0.717) is 5.92 Å². The Morgan fingerprint density at radius 1 is 1.41 bits per heavy atom. The zero-order chi connectivity index (χ0) is 16.1. The number of nitrogens with one attached hydrogen (secondary N) is 1. The molecule has 1 saturated carbocycles. The van der Waals surface area contributed by atoms with Crippen LogP contribution in [0.3, 0.4) is 0 Å². The quantitative estimate of drug-likeness (QED) is 0.617. The summed E-state index contributed by atoms with van der Waals surface area (Å²) in [6, 6.07) is 3.10. The zero-order valence-corrected chi connectivity index (χ0v) is 12.9. The van der Waals surface area contributed by atoms with Crippen molar-refractivity contribution in [2.75, 3.05) is 12.4 Å². The third-order valence-electron chi connectivity index (χ3n) is 3.32. The van der Waals surface area contributed by atoms with Gasteiger partial charge < -0.3 is 10.1 Å². The number of benzene rings is 1. The molecule has 120 valence electrons. The van der Waals surface area contributed by atoms with Crippen LogP contribution in [0.1, 0.15) is 19.8 Å². The molecule has 1 aromatic rings. The molecule has 0 spiro atoms. The van der Waals surface area contributed by atoms with E-state index < -0.39 is 17.6 Å². The van der Waals surface area contributed by atoms with Crippen LogP contribution < -0.4 is 5.32 Å². The van der Waals surface area contributed by atoms with E-state index in [4.69, 9.17) is 4.74 Å². The summed E-state index contributed by atoms with van der Waals surface area (Å²) in [6.07, 6.45) is 2.22. The molecule has 1 amide bonds. The van der Waals surface area contributed by atoms with Crippen LogP contribution in [0, 0.1) is 17.6 Å². The summed E-state index contributed by atoms with van der Waals surface area (Å²) in [5.74, 6) is -1.85. The van der Waals surface area contributed by atoms with Gasteiger partial charge in [-0.25, -0.2) is 8.78 Å². The van der Waals surface area contributed by atoms with Crippen LogP contribution in [-0.4, -0.2) is 30.3 Å². The number of halogens is 2. The second kappa shape index (κ2) is 7.58.